The molecule has 1 aliphatic rings. The first-order valence-electron chi connectivity index (χ1n) is 7.99. The quantitative estimate of drug-likeness (QED) is 0.677. The second-order valence-electron chi connectivity index (χ2n) is 5.82. The van der Waals surface area contributed by atoms with Gasteiger partial charge in [0.2, 0.25) is 11.8 Å². The third kappa shape index (κ3) is 5.35. The number of amides is 2. The zero-order valence-corrected chi connectivity index (χ0v) is 16.5. The fraction of sp³-hybridized carbons (Fsp3) is 0.167. The van der Waals surface area contributed by atoms with E-state index in [1.54, 1.807) is 24.3 Å². The first kappa shape index (κ1) is 20.4. The molecule has 1 saturated heterocycles. The molecule has 2 aromatic carbocycles. The molecule has 10 heteroatoms. The summed E-state index contributed by atoms with van der Waals surface area (Å²) in [6, 6.07) is 11.5. The lowest BCUT2D eigenvalue weighted by molar-refractivity contribution is -0.137. The molecule has 1 atom stereocenters. The molecule has 0 aromatic heterocycles. The fourth-order valence-corrected chi connectivity index (χ4v) is 3.63. The lowest BCUT2D eigenvalue weighted by Crippen LogP contribution is -2.28. The van der Waals surface area contributed by atoms with Gasteiger partial charge in [-0.15, -0.1) is 0 Å². The van der Waals surface area contributed by atoms with E-state index in [1.165, 1.54) is 12.1 Å². The lowest BCUT2D eigenvalue weighted by atomic mass is 10.2. The molecule has 3 rings (SSSR count). The van der Waals surface area contributed by atoms with Gasteiger partial charge < -0.3 is 10.6 Å². The van der Waals surface area contributed by atoms with Gasteiger partial charge in [0, 0.05) is 16.6 Å². The monoisotopic (exact) mass is 471 g/mol. The van der Waals surface area contributed by atoms with Gasteiger partial charge >= 0.3 is 6.18 Å². The highest BCUT2D eigenvalue weighted by Gasteiger charge is 2.33. The summed E-state index contributed by atoms with van der Waals surface area (Å²) in [4.78, 5) is 28.2. The summed E-state index contributed by atoms with van der Waals surface area (Å²) in [5.41, 5.74) is -0.166. The van der Waals surface area contributed by atoms with E-state index in [1.807, 2.05) is 0 Å². The Hall–Kier alpha value is -2.33. The van der Waals surface area contributed by atoms with Gasteiger partial charge in [-0.1, -0.05) is 33.8 Å². The van der Waals surface area contributed by atoms with Crippen LogP contribution in [0.5, 0.6) is 0 Å². The Balaban J connectivity index is 1.64. The maximum atomic E-state index is 12.8. The molecule has 0 bridgehead atoms. The van der Waals surface area contributed by atoms with Crippen LogP contribution in [-0.2, 0) is 15.8 Å². The average molecular weight is 472 g/mol. The molecule has 1 aliphatic heterocycles. The van der Waals surface area contributed by atoms with Crippen LogP contribution >= 0.6 is 27.7 Å². The smallest absolute Gasteiger partial charge is 0.326 e. The van der Waals surface area contributed by atoms with E-state index >= 15 is 0 Å². The van der Waals surface area contributed by atoms with E-state index in [9.17, 15) is 22.8 Å². The molecule has 2 N–H and O–H groups in total. The number of rotatable bonds is 4. The zero-order valence-electron chi connectivity index (χ0n) is 14.1. The van der Waals surface area contributed by atoms with Crippen LogP contribution in [0.4, 0.5) is 24.5 Å². The van der Waals surface area contributed by atoms with Crippen molar-refractivity contribution in [2.24, 2.45) is 4.99 Å². The predicted molar refractivity (Wildman–Crippen MR) is 105 cm³/mol. The van der Waals surface area contributed by atoms with Crippen LogP contribution in [0, 0.1) is 0 Å². The van der Waals surface area contributed by atoms with Gasteiger partial charge in [0.1, 0.15) is 5.25 Å². The van der Waals surface area contributed by atoms with E-state index in [4.69, 9.17) is 0 Å². The number of anilines is 1. The Morgan fingerprint density at radius 2 is 1.93 bits per heavy atom. The normalized spacial score (nSPS) is 18.2. The van der Waals surface area contributed by atoms with Crippen LogP contribution in [-0.4, -0.2) is 22.2 Å². The Labute approximate surface area is 170 Å². The predicted octanol–water partition coefficient (Wildman–Crippen LogP) is 4.72. The van der Waals surface area contributed by atoms with Crippen molar-refractivity contribution in [2.75, 3.05) is 5.32 Å². The second-order valence-corrected chi connectivity index (χ2v) is 7.93. The standard InChI is InChI=1S/C18H13BrF3N3O2S/c19-11-4-6-12(7-5-11)23-15(26)9-14-16(27)25-17(28-14)24-13-3-1-2-10(8-13)18(20,21)22/h1-8,14H,9H2,(H,23,26)(H,24,25,27)/t14-/m0/s1. The number of nitrogens with zero attached hydrogens (tertiary/aromatic N) is 1. The topological polar surface area (TPSA) is 70.6 Å². The Kier molecular flexibility index (Phi) is 6.09. The minimum Gasteiger partial charge on any atom is -0.326 e. The van der Waals surface area contributed by atoms with E-state index in [0.717, 1.165) is 28.4 Å². The number of amidine groups is 1. The van der Waals surface area contributed by atoms with Gasteiger partial charge in [0.25, 0.3) is 0 Å². The summed E-state index contributed by atoms with van der Waals surface area (Å²) in [6.07, 6.45) is -4.57. The maximum Gasteiger partial charge on any atom is 0.416 e. The molecular weight excluding hydrogens is 459 g/mol. The first-order valence-corrected chi connectivity index (χ1v) is 9.67. The molecular formula is C18H13BrF3N3O2S. The number of alkyl halides is 3. The molecule has 0 radical (unpaired) electrons. The van der Waals surface area contributed by atoms with E-state index < -0.39 is 22.9 Å². The number of carbonyl (C=O) groups excluding carboxylic acids is 2. The van der Waals surface area contributed by atoms with Gasteiger partial charge in [0.15, 0.2) is 5.17 Å². The van der Waals surface area contributed by atoms with Gasteiger partial charge in [-0.25, -0.2) is 4.99 Å². The first-order chi connectivity index (χ1) is 13.2. The van der Waals surface area contributed by atoms with Crippen LogP contribution < -0.4 is 10.6 Å². The summed E-state index contributed by atoms with van der Waals surface area (Å²) < 4.78 is 39.2. The highest BCUT2D eigenvalue weighted by Crippen LogP contribution is 2.32. The molecule has 0 aliphatic carbocycles. The number of nitrogens with one attached hydrogen (secondary N) is 2. The van der Waals surface area contributed by atoms with Crippen LogP contribution in [0.15, 0.2) is 58.0 Å². The molecule has 0 saturated carbocycles. The van der Waals surface area contributed by atoms with Crippen LogP contribution in [0.3, 0.4) is 0 Å². The van der Waals surface area contributed by atoms with Crippen LogP contribution in [0.2, 0.25) is 0 Å². The Morgan fingerprint density at radius 3 is 2.61 bits per heavy atom. The number of hydrogen-bond donors (Lipinski definition) is 2. The van der Waals surface area contributed by atoms with Gasteiger partial charge in [-0.05, 0) is 42.5 Å². The summed E-state index contributed by atoms with van der Waals surface area (Å²) in [6.45, 7) is 0. The molecule has 28 heavy (non-hydrogen) atoms. The van der Waals surface area contributed by atoms with Crippen LogP contribution in [0.25, 0.3) is 0 Å². The van der Waals surface area contributed by atoms with Crippen molar-refractivity contribution in [1.82, 2.24) is 5.32 Å². The molecule has 2 aromatic rings. The lowest BCUT2D eigenvalue weighted by Gasteiger charge is -2.07. The summed E-state index contributed by atoms with van der Waals surface area (Å²) in [5, 5.41) is 4.63. The summed E-state index contributed by atoms with van der Waals surface area (Å²) in [7, 11) is 0. The molecule has 0 spiro atoms. The fourth-order valence-electron chi connectivity index (χ4n) is 2.37. The molecule has 0 unspecified atom stereocenters. The molecule has 2 amide bonds. The molecule has 146 valence electrons. The summed E-state index contributed by atoms with van der Waals surface area (Å²) in [5.74, 6) is -0.767. The third-order valence-electron chi connectivity index (χ3n) is 3.68. The number of halogens is 4. The van der Waals surface area contributed by atoms with Crippen molar-refractivity contribution < 1.29 is 22.8 Å². The highest BCUT2D eigenvalue weighted by atomic mass is 79.9. The minimum absolute atomic E-state index is 0.0672. The molecule has 1 heterocycles. The van der Waals surface area contributed by atoms with Crippen molar-refractivity contribution in [2.45, 2.75) is 17.8 Å². The number of benzene rings is 2. The van der Waals surface area contributed by atoms with Crippen molar-refractivity contribution in [3.8, 4) is 0 Å². The number of carbonyl (C=O) groups is 2. The largest absolute Gasteiger partial charge is 0.416 e. The Bertz CT molecular complexity index is 932. The van der Waals surface area contributed by atoms with Gasteiger partial charge in [0.05, 0.1) is 11.3 Å². The van der Waals surface area contributed by atoms with Crippen molar-refractivity contribution in [3.05, 3.63) is 58.6 Å². The van der Waals surface area contributed by atoms with Crippen molar-refractivity contribution in [1.29, 1.82) is 0 Å². The number of aliphatic imine (C=N–C) groups is 1. The van der Waals surface area contributed by atoms with Crippen molar-refractivity contribution in [3.63, 3.8) is 0 Å². The van der Waals surface area contributed by atoms with Crippen LogP contribution in [0.1, 0.15) is 12.0 Å². The highest BCUT2D eigenvalue weighted by molar-refractivity contribution is 9.10. The van der Waals surface area contributed by atoms with Gasteiger partial charge in [-0.2, -0.15) is 13.2 Å². The average Bonchev–Trinajstić information content (AvgIpc) is 2.95. The van der Waals surface area contributed by atoms with E-state index in [2.05, 4.69) is 31.6 Å². The maximum absolute atomic E-state index is 12.8. The zero-order chi connectivity index (χ0) is 20.3. The number of thioether (sulfide) groups is 1. The SMILES string of the molecule is O=C(C[C@@H]1SC(=Nc2cccc(C(F)(F)F)c2)NC1=O)Nc1ccc(Br)cc1. The third-order valence-corrected chi connectivity index (χ3v) is 5.29. The van der Waals surface area contributed by atoms with E-state index in [0.29, 0.717) is 5.69 Å². The van der Waals surface area contributed by atoms with Crippen molar-refractivity contribution >= 4 is 56.0 Å². The minimum atomic E-state index is -4.48. The Morgan fingerprint density at radius 1 is 1.21 bits per heavy atom. The summed E-state index contributed by atoms with van der Waals surface area (Å²) >= 11 is 4.30. The second kappa shape index (κ2) is 8.36. The molecule has 1 fully saturated rings. The van der Waals surface area contributed by atoms with Gasteiger partial charge in [-0.3, -0.25) is 9.59 Å². The molecule has 5 nitrogen and oxygen atoms in total. The van der Waals surface area contributed by atoms with E-state index in [-0.39, 0.29) is 23.2 Å². The number of hydrogen-bond acceptors (Lipinski definition) is 4.